The van der Waals surface area contributed by atoms with Crippen molar-refractivity contribution in [2.75, 3.05) is 13.2 Å². The molecule has 1 aromatic rings. The van der Waals surface area contributed by atoms with Crippen molar-refractivity contribution in [1.29, 1.82) is 0 Å². The van der Waals surface area contributed by atoms with Crippen molar-refractivity contribution in [1.82, 2.24) is 4.90 Å². The zero-order valence-electron chi connectivity index (χ0n) is 11.2. The molecule has 0 amide bonds. The van der Waals surface area contributed by atoms with Gasteiger partial charge in [-0.1, -0.05) is 29.3 Å². The Bertz CT molecular complexity index is 501. The highest BCUT2D eigenvalue weighted by Crippen LogP contribution is 2.40. The fourth-order valence-electron chi connectivity index (χ4n) is 2.70. The number of ether oxygens (including phenoxy) is 1. The van der Waals surface area contributed by atoms with Crippen LogP contribution >= 0.6 is 15.9 Å². The minimum atomic E-state index is 0.0500. The van der Waals surface area contributed by atoms with E-state index >= 15 is 0 Å². The number of rotatable bonds is 4. The number of amidine groups is 1. The van der Waals surface area contributed by atoms with E-state index in [9.17, 15) is 0 Å². The van der Waals surface area contributed by atoms with E-state index in [1.807, 2.05) is 0 Å². The highest BCUT2D eigenvalue weighted by atomic mass is 79.9. The van der Waals surface area contributed by atoms with Crippen molar-refractivity contribution >= 4 is 27.5 Å². The second kappa shape index (κ2) is 5.63. The molecule has 2 heterocycles. The van der Waals surface area contributed by atoms with E-state index < -0.39 is 0 Å². The molecule has 3 nitrogen and oxygen atoms in total. The summed E-state index contributed by atoms with van der Waals surface area (Å²) in [6.07, 6.45) is 4.58. The largest absolute Gasteiger partial charge is 0.354 e. The summed E-state index contributed by atoms with van der Waals surface area (Å²) in [5, 5.41) is 0. The summed E-state index contributed by atoms with van der Waals surface area (Å²) < 4.78 is 7.23. The smallest absolute Gasteiger partial charge is 0.159 e. The molecule has 0 spiro atoms. The van der Waals surface area contributed by atoms with E-state index in [0.717, 1.165) is 36.2 Å². The molecule has 2 aliphatic rings. The fraction of sp³-hybridized carbons (Fsp3) is 0.533. The quantitative estimate of drug-likeness (QED) is 0.767. The number of unbranched alkanes of at least 4 members (excludes halogenated alkanes) is 1. The lowest BCUT2D eigenvalue weighted by atomic mass is 10.1. The van der Waals surface area contributed by atoms with Gasteiger partial charge in [0.25, 0.3) is 0 Å². The van der Waals surface area contributed by atoms with Crippen LogP contribution in [0.3, 0.4) is 0 Å². The maximum atomic E-state index is 6.14. The van der Waals surface area contributed by atoms with Gasteiger partial charge in [0, 0.05) is 29.6 Å². The number of benzene rings is 1. The van der Waals surface area contributed by atoms with Gasteiger partial charge in [-0.25, -0.2) is 4.99 Å². The Kier molecular flexibility index (Phi) is 3.89. The van der Waals surface area contributed by atoms with E-state index in [1.54, 1.807) is 0 Å². The average Bonchev–Trinajstić information content (AvgIpc) is 2.86. The second-order valence-corrected chi connectivity index (χ2v) is 6.02. The van der Waals surface area contributed by atoms with E-state index in [0.29, 0.717) is 0 Å². The maximum Gasteiger partial charge on any atom is 0.159 e. The third-order valence-corrected chi connectivity index (χ3v) is 4.19. The highest BCUT2D eigenvalue weighted by molar-refractivity contribution is 9.10. The Morgan fingerprint density at radius 3 is 3.21 bits per heavy atom. The fourth-order valence-corrected chi connectivity index (χ4v) is 3.08. The standard InChI is InChI=1S/C15H19BrN2O/c1-2-3-9-19-15-12-10-11(16)6-7-13(12)17-14-5-4-8-18(14)15/h6-7,10,15H,2-5,8-9H2,1H3. The molecule has 1 fully saturated rings. The van der Waals surface area contributed by atoms with E-state index in [4.69, 9.17) is 9.73 Å². The van der Waals surface area contributed by atoms with E-state index in [-0.39, 0.29) is 6.23 Å². The molecule has 0 aliphatic carbocycles. The normalized spacial score (nSPS) is 21.1. The molecule has 2 aliphatic heterocycles. The number of nitrogens with zero attached hydrogens (tertiary/aromatic N) is 2. The van der Waals surface area contributed by atoms with Crippen LogP contribution < -0.4 is 0 Å². The van der Waals surface area contributed by atoms with E-state index in [2.05, 4.69) is 46.0 Å². The van der Waals surface area contributed by atoms with Crippen LogP contribution in [0.4, 0.5) is 5.69 Å². The lowest BCUT2D eigenvalue weighted by Gasteiger charge is -2.34. The first-order chi connectivity index (χ1) is 9.29. The number of halogens is 1. The van der Waals surface area contributed by atoms with Crippen molar-refractivity contribution in [2.24, 2.45) is 4.99 Å². The van der Waals surface area contributed by atoms with Crippen LogP contribution in [0, 0.1) is 0 Å². The molecule has 1 saturated heterocycles. The number of hydrogen-bond donors (Lipinski definition) is 0. The van der Waals surface area contributed by atoms with Crippen LogP contribution in [0.15, 0.2) is 27.7 Å². The first-order valence-corrected chi connectivity index (χ1v) is 7.84. The number of hydrogen-bond acceptors (Lipinski definition) is 3. The predicted octanol–water partition coefficient (Wildman–Crippen LogP) is 4.40. The van der Waals surface area contributed by atoms with E-state index in [1.165, 1.54) is 24.2 Å². The summed E-state index contributed by atoms with van der Waals surface area (Å²) in [5.41, 5.74) is 2.26. The Morgan fingerprint density at radius 2 is 2.37 bits per heavy atom. The molecule has 0 saturated carbocycles. The topological polar surface area (TPSA) is 24.8 Å². The van der Waals surface area contributed by atoms with Gasteiger partial charge in [0.1, 0.15) is 5.84 Å². The maximum absolute atomic E-state index is 6.14. The van der Waals surface area contributed by atoms with Crippen LogP contribution in [-0.4, -0.2) is 23.9 Å². The predicted molar refractivity (Wildman–Crippen MR) is 80.8 cm³/mol. The average molecular weight is 323 g/mol. The summed E-state index contributed by atoms with van der Waals surface area (Å²) in [6, 6.07) is 6.28. The first-order valence-electron chi connectivity index (χ1n) is 7.05. The van der Waals surface area contributed by atoms with Crippen LogP contribution in [0.5, 0.6) is 0 Å². The minimum Gasteiger partial charge on any atom is -0.354 e. The molecular weight excluding hydrogens is 304 g/mol. The monoisotopic (exact) mass is 322 g/mol. The van der Waals surface area contributed by atoms with Crippen molar-refractivity contribution < 1.29 is 4.74 Å². The molecule has 19 heavy (non-hydrogen) atoms. The Morgan fingerprint density at radius 1 is 1.47 bits per heavy atom. The zero-order chi connectivity index (χ0) is 13.2. The van der Waals surface area contributed by atoms with Crippen molar-refractivity contribution in [3.8, 4) is 0 Å². The molecule has 1 aromatic carbocycles. The third-order valence-electron chi connectivity index (χ3n) is 3.69. The van der Waals surface area contributed by atoms with Crippen molar-refractivity contribution in [3.05, 3.63) is 28.2 Å². The highest BCUT2D eigenvalue weighted by Gasteiger charge is 2.33. The summed E-state index contributed by atoms with van der Waals surface area (Å²) in [7, 11) is 0. The van der Waals surface area contributed by atoms with Gasteiger partial charge in [0.2, 0.25) is 0 Å². The van der Waals surface area contributed by atoms with Crippen LogP contribution in [0.1, 0.15) is 44.4 Å². The molecule has 1 unspecified atom stereocenters. The SMILES string of the molecule is CCCCOC1c2cc(Br)ccc2N=C2CCCN21. The Hall–Kier alpha value is -0.870. The summed E-state index contributed by atoms with van der Waals surface area (Å²) in [6.45, 7) is 4.07. The van der Waals surface area contributed by atoms with Crippen LogP contribution in [0.25, 0.3) is 0 Å². The summed E-state index contributed by atoms with van der Waals surface area (Å²) >= 11 is 3.55. The minimum absolute atomic E-state index is 0.0500. The van der Waals surface area contributed by atoms with Gasteiger partial charge < -0.3 is 9.64 Å². The third kappa shape index (κ3) is 2.56. The van der Waals surface area contributed by atoms with Crippen molar-refractivity contribution in [2.45, 2.75) is 38.8 Å². The summed E-state index contributed by atoms with van der Waals surface area (Å²) in [4.78, 5) is 7.09. The lowest BCUT2D eigenvalue weighted by Crippen LogP contribution is -2.34. The Labute approximate surface area is 122 Å². The van der Waals surface area contributed by atoms with Crippen LogP contribution in [-0.2, 0) is 4.74 Å². The summed E-state index contributed by atoms with van der Waals surface area (Å²) in [5.74, 6) is 1.19. The van der Waals surface area contributed by atoms with Gasteiger partial charge in [-0.3, -0.25) is 0 Å². The molecule has 0 aromatic heterocycles. The van der Waals surface area contributed by atoms with Crippen molar-refractivity contribution in [3.63, 3.8) is 0 Å². The molecule has 0 N–H and O–H groups in total. The number of fused-ring (bicyclic) bond motifs is 2. The molecule has 3 rings (SSSR count). The van der Waals surface area contributed by atoms with Gasteiger partial charge in [0.05, 0.1) is 5.69 Å². The lowest BCUT2D eigenvalue weighted by molar-refractivity contribution is -0.0270. The van der Waals surface area contributed by atoms with Crippen LogP contribution in [0.2, 0.25) is 0 Å². The molecule has 4 heteroatoms. The van der Waals surface area contributed by atoms with Gasteiger partial charge in [-0.05, 0) is 31.0 Å². The first kappa shape index (κ1) is 13.1. The zero-order valence-corrected chi connectivity index (χ0v) is 12.8. The van der Waals surface area contributed by atoms with Gasteiger partial charge in [0.15, 0.2) is 6.23 Å². The molecule has 0 bridgehead atoms. The van der Waals surface area contributed by atoms with Gasteiger partial charge in [-0.15, -0.1) is 0 Å². The molecule has 102 valence electrons. The molecule has 1 atom stereocenters. The van der Waals surface area contributed by atoms with Gasteiger partial charge in [-0.2, -0.15) is 0 Å². The molecular formula is C15H19BrN2O. The molecule has 0 radical (unpaired) electrons. The number of aliphatic imine (C=N–C) groups is 1. The van der Waals surface area contributed by atoms with Gasteiger partial charge >= 0.3 is 0 Å². The Balaban J connectivity index is 1.92. The second-order valence-electron chi connectivity index (χ2n) is 5.10.